The third kappa shape index (κ3) is 3.63. The Balaban J connectivity index is 1.84. The van der Waals surface area contributed by atoms with E-state index in [1.54, 1.807) is 60.7 Å². The molecule has 1 amide bonds. The van der Waals surface area contributed by atoms with Gasteiger partial charge in [0.2, 0.25) is 0 Å². The SMILES string of the molecule is O=C1/C(=C\c2ccc(Cl)cc2)N=C(c2ccccc2F)N1c1ccc(Br)cc1. The Bertz CT molecular complexity index is 1110. The van der Waals surface area contributed by atoms with Crippen molar-refractivity contribution in [2.75, 3.05) is 4.90 Å². The summed E-state index contributed by atoms with van der Waals surface area (Å²) < 4.78 is 15.3. The van der Waals surface area contributed by atoms with Crippen LogP contribution in [-0.4, -0.2) is 11.7 Å². The van der Waals surface area contributed by atoms with Gasteiger partial charge in [0, 0.05) is 9.50 Å². The Kier molecular flexibility index (Phi) is 5.11. The molecule has 1 heterocycles. The number of halogens is 3. The number of amidine groups is 1. The Morgan fingerprint density at radius 3 is 2.32 bits per heavy atom. The molecule has 6 heteroatoms. The number of carbonyl (C=O) groups is 1. The summed E-state index contributed by atoms with van der Waals surface area (Å²) in [6, 6.07) is 20.5. The van der Waals surface area contributed by atoms with Gasteiger partial charge in [0.25, 0.3) is 5.91 Å². The average Bonchev–Trinajstić information content (AvgIpc) is 3.01. The van der Waals surface area contributed by atoms with Crippen LogP contribution in [-0.2, 0) is 4.79 Å². The van der Waals surface area contributed by atoms with Crippen molar-refractivity contribution in [3.8, 4) is 0 Å². The highest BCUT2D eigenvalue weighted by molar-refractivity contribution is 9.10. The monoisotopic (exact) mass is 454 g/mol. The van der Waals surface area contributed by atoms with Crippen molar-refractivity contribution >= 4 is 51.0 Å². The number of hydrogen-bond donors (Lipinski definition) is 0. The van der Waals surface area contributed by atoms with Gasteiger partial charge in [-0.3, -0.25) is 9.69 Å². The molecule has 4 rings (SSSR count). The third-order valence-electron chi connectivity index (χ3n) is 4.23. The van der Waals surface area contributed by atoms with E-state index in [1.807, 2.05) is 12.1 Å². The van der Waals surface area contributed by atoms with Crippen LogP contribution in [0.1, 0.15) is 11.1 Å². The number of rotatable bonds is 3. The van der Waals surface area contributed by atoms with Gasteiger partial charge >= 0.3 is 0 Å². The smallest absolute Gasteiger partial charge is 0.266 e. The first-order chi connectivity index (χ1) is 13.5. The van der Waals surface area contributed by atoms with Gasteiger partial charge < -0.3 is 0 Å². The molecule has 3 nitrogen and oxygen atoms in total. The lowest BCUT2D eigenvalue weighted by atomic mass is 10.1. The molecule has 1 aliphatic heterocycles. The summed E-state index contributed by atoms with van der Waals surface area (Å²) in [6.45, 7) is 0. The van der Waals surface area contributed by atoms with Crippen molar-refractivity contribution in [3.63, 3.8) is 0 Å². The summed E-state index contributed by atoms with van der Waals surface area (Å²) >= 11 is 9.31. The third-order valence-corrected chi connectivity index (χ3v) is 5.01. The second-order valence-corrected chi connectivity index (χ2v) is 7.47. The molecule has 28 heavy (non-hydrogen) atoms. The highest BCUT2D eigenvalue weighted by Crippen LogP contribution is 2.29. The summed E-state index contributed by atoms with van der Waals surface area (Å²) in [5.74, 6) is -0.509. The fourth-order valence-corrected chi connectivity index (χ4v) is 3.28. The molecular formula is C22H13BrClFN2O. The molecule has 138 valence electrons. The van der Waals surface area contributed by atoms with Gasteiger partial charge in [-0.1, -0.05) is 51.8 Å². The van der Waals surface area contributed by atoms with Gasteiger partial charge in [0.05, 0.1) is 11.3 Å². The van der Waals surface area contributed by atoms with Gasteiger partial charge in [0.1, 0.15) is 11.5 Å². The summed E-state index contributed by atoms with van der Waals surface area (Å²) in [4.78, 5) is 19.0. The standard InChI is InChI=1S/C22H13BrClFN2O/c23-15-7-11-17(12-8-15)27-21(18-3-1-2-4-19(18)25)26-20(22(27)28)13-14-5-9-16(24)10-6-14/h1-13H/b20-13+. The summed E-state index contributed by atoms with van der Waals surface area (Å²) in [5.41, 5.74) is 1.87. The lowest BCUT2D eigenvalue weighted by molar-refractivity contribution is -0.113. The van der Waals surface area contributed by atoms with E-state index < -0.39 is 5.82 Å². The summed E-state index contributed by atoms with van der Waals surface area (Å²) in [7, 11) is 0. The van der Waals surface area contributed by atoms with E-state index >= 15 is 0 Å². The van der Waals surface area contributed by atoms with Crippen molar-refractivity contribution in [1.82, 2.24) is 0 Å². The van der Waals surface area contributed by atoms with Crippen LogP contribution in [0.15, 0.2) is 88.0 Å². The molecule has 1 aliphatic rings. The Morgan fingerprint density at radius 1 is 0.964 bits per heavy atom. The molecule has 0 saturated heterocycles. The molecule has 0 spiro atoms. The number of anilines is 1. The van der Waals surface area contributed by atoms with Gasteiger partial charge in [0.15, 0.2) is 5.84 Å². The zero-order valence-electron chi connectivity index (χ0n) is 14.4. The number of nitrogens with zero attached hydrogens (tertiary/aromatic N) is 2. The molecule has 0 unspecified atom stereocenters. The minimum absolute atomic E-state index is 0.225. The van der Waals surface area contributed by atoms with Crippen LogP contribution in [0.3, 0.4) is 0 Å². The molecule has 0 radical (unpaired) electrons. The van der Waals surface area contributed by atoms with Crippen LogP contribution in [0.5, 0.6) is 0 Å². The van der Waals surface area contributed by atoms with Gasteiger partial charge in [-0.2, -0.15) is 0 Å². The van der Waals surface area contributed by atoms with Crippen molar-refractivity contribution in [2.45, 2.75) is 0 Å². The van der Waals surface area contributed by atoms with Gasteiger partial charge in [-0.15, -0.1) is 0 Å². The van der Waals surface area contributed by atoms with E-state index in [0.717, 1.165) is 10.0 Å². The fraction of sp³-hybridized carbons (Fsp3) is 0. The van der Waals surface area contributed by atoms with Crippen LogP contribution in [0.4, 0.5) is 10.1 Å². The van der Waals surface area contributed by atoms with Crippen molar-refractivity contribution in [2.24, 2.45) is 4.99 Å². The molecule has 0 aliphatic carbocycles. The Hall–Kier alpha value is -2.76. The predicted molar refractivity (Wildman–Crippen MR) is 114 cm³/mol. The lowest BCUT2D eigenvalue weighted by Crippen LogP contribution is -2.33. The normalized spacial score (nSPS) is 15.2. The topological polar surface area (TPSA) is 32.7 Å². The maximum Gasteiger partial charge on any atom is 0.282 e. The minimum Gasteiger partial charge on any atom is -0.266 e. The van der Waals surface area contributed by atoms with E-state index in [0.29, 0.717) is 10.7 Å². The van der Waals surface area contributed by atoms with Crippen molar-refractivity contribution in [1.29, 1.82) is 0 Å². The first-order valence-corrected chi connectivity index (χ1v) is 9.61. The highest BCUT2D eigenvalue weighted by atomic mass is 79.9. The zero-order valence-corrected chi connectivity index (χ0v) is 16.8. The van der Waals surface area contributed by atoms with Gasteiger partial charge in [-0.25, -0.2) is 9.38 Å². The number of hydrogen-bond acceptors (Lipinski definition) is 2. The fourth-order valence-electron chi connectivity index (χ4n) is 2.89. The second-order valence-electron chi connectivity index (χ2n) is 6.11. The predicted octanol–water partition coefficient (Wildman–Crippen LogP) is 6.08. The van der Waals surface area contributed by atoms with Crippen molar-refractivity contribution < 1.29 is 9.18 Å². The Labute approximate surface area is 174 Å². The van der Waals surface area contributed by atoms with Crippen LogP contribution < -0.4 is 4.90 Å². The van der Waals surface area contributed by atoms with Crippen LogP contribution in [0, 0.1) is 5.82 Å². The second kappa shape index (κ2) is 7.70. The van der Waals surface area contributed by atoms with Crippen molar-refractivity contribution in [3.05, 3.63) is 105 Å². The zero-order chi connectivity index (χ0) is 19.7. The average molecular weight is 456 g/mol. The number of carbonyl (C=O) groups excluding carboxylic acids is 1. The highest BCUT2D eigenvalue weighted by Gasteiger charge is 2.33. The number of benzene rings is 3. The molecule has 0 bridgehead atoms. The summed E-state index contributed by atoms with van der Waals surface area (Å²) in [6.07, 6.45) is 1.67. The Morgan fingerprint density at radius 2 is 1.64 bits per heavy atom. The van der Waals surface area contributed by atoms with Crippen LogP contribution >= 0.6 is 27.5 Å². The molecule has 0 saturated carbocycles. The van der Waals surface area contributed by atoms with Crippen LogP contribution in [0.2, 0.25) is 5.02 Å². The molecule has 0 aromatic heterocycles. The first kappa shape index (κ1) is 18.6. The molecule has 0 N–H and O–H groups in total. The maximum absolute atomic E-state index is 14.5. The first-order valence-electron chi connectivity index (χ1n) is 8.44. The van der Waals surface area contributed by atoms with Crippen LogP contribution in [0.25, 0.3) is 6.08 Å². The lowest BCUT2D eigenvalue weighted by Gasteiger charge is -2.19. The molecule has 0 atom stereocenters. The number of amides is 1. The van der Waals surface area contributed by atoms with E-state index in [4.69, 9.17) is 11.6 Å². The van der Waals surface area contributed by atoms with Gasteiger partial charge in [-0.05, 0) is 60.2 Å². The van der Waals surface area contributed by atoms with E-state index in [9.17, 15) is 9.18 Å². The van der Waals surface area contributed by atoms with E-state index in [1.165, 1.54) is 11.0 Å². The van der Waals surface area contributed by atoms with E-state index in [2.05, 4.69) is 20.9 Å². The molecule has 3 aromatic carbocycles. The largest absolute Gasteiger partial charge is 0.282 e. The molecular weight excluding hydrogens is 443 g/mol. The molecule has 3 aromatic rings. The number of aliphatic imine (C=N–C) groups is 1. The van der Waals surface area contributed by atoms with E-state index in [-0.39, 0.29) is 23.0 Å². The summed E-state index contributed by atoms with van der Waals surface area (Å²) in [5, 5.41) is 0.604. The molecule has 0 fully saturated rings. The quantitative estimate of drug-likeness (QED) is 0.441. The minimum atomic E-state index is -0.441. The maximum atomic E-state index is 14.5.